The summed E-state index contributed by atoms with van der Waals surface area (Å²) in [5, 5.41) is 18.4. The van der Waals surface area contributed by atoms with Crippen LogP contribution in [0, 0.1) is 17.7 Å². The van der Waals surface area contributed by atoms with E-state index in [0.717, 1.165) is 12.8 Å². The second-order valence-corrected chi connectivity index (χ2v) is 10.3. The third kappa shape index (κ3) is 8.10. The molecule has 2 aromatic rings. The fourth-order valence-corrected chi connectivity index (χ4v) is 5.15. The molecule has 8 heteroatoms. The fourth-order valence-electron chi connectivity index (χ4n) is 5.15. The molecule has 2 aromatic carbocycles. The van der Waals surface area contributed by atoms with Crippen molar-refractivity contribution in [3.63, 3.8) is 0 Å². The van der Waals surface area contributed by atoms with E-state index in [2.05, 4.69) is 29.8 Å². The van der Waals surface area contributed by atoms with Gasteiger partial charge in [-0.05, 0) is 79.5 Å². The monoisotopic (exact) mass is 513 g/mol. The van der Waals surface area contributed by atoms with Gasteiger partial charge in [0.25, 0.3) is 0 Å². The van der Waals surface area contributed by atoms with Crippen LogP contribution >= 0.6 is 0 Å². The molecule has 1 aliphatic carbocycles. The molecule has 0 heterocycles. The molecular formula is C29H40FN3O4. The minimum absolute atomic E-state index is 0.122. The normalized spacial score (nSPS) is 15.6. The molecule has 0 radical (unpaired) electrons. The van der Waals surface area contributed by atoms with Crippen LogP contribution in [0.25, 0.3) is 0 Å². The number of carbonyl (C=O) groups excluding carboxylic acids is 1. The summed E-state index contributed by atoms with van der Waals surface area (Å²) in [5.41, 5.74) is 1.75. The van der Waals surface area contributed by atoms with E-state index in [0.29, 0.717) is 41.3 Å². The number of halogens is 1. The van der Waals surface area contributed by atoms with Gasteiger partial charge in [0, 0.05) is 11.7 Å². The van der Waals surface area contributed by atoms with Crippen molar-refractivity contribution in [1.82, 2.24) is 0 Å². The summed E-state index contributed by atoms with van der Waals surface area (Å²) >= 11 is 0. The van der Waals surface area contributed by atoms with Gasteiger partial charge in [0.2, 0.25) is 0 Å². The van der Waals surface area contributed by atoms with Gasteiger partial charge in [-0.2, -0.15) is 0 Å². The quantitative estimate of drug-likeness (QED) is 0.250. The first kappa shape index (κ1) is 28.3. The van der Waals surface area contributed by atoms with Crippen molar-refractivity contribution in [3.05, 3.63) is 47.8 Å². The van der Waals surface area contributed by atoms with Crippen LogP contribution in [0.2, 0.25) is 0 Å². The average molecular weight is 514 g/mol. The van der Waals surface area contributed by atoms with E-state index < -0.39 is 23.7 Å². The summed E-state index contributed by atoms with van der Waals surface area (Å²) in [5.74, 6) is -0.567. The number of carbonyl (C=O) groups is 2. The van der Waals surface area contributed by atoms with Gasteiger partial charge in [-0.25, -0.2) is 9.18 Å². The lowest BCUT2D eigenvalue weighted by Crippen LogP contribution is -2.35. The third-order valence-electron chi connectivity index (χ3n) is 7.02. The maximum absolute atomic E-state index is 15.2. The molecule has 0 bridgehead atoms. The first-order valence-corrected chi connectivity index (χ1v) is 13.3. The first-order valence-electron chi connectivity index (χ1n) is 13.3. The van der Waals surface area contributed by atoms with Crippen LogP contribution in [0.5, 0.6) is 5.75 Å². The highest BCUT2D eigenvalue weighted by Gasteiger charge is 2.28. The Kier molecular flexibility index (Phi) is 10.2. The fraction of sp³-hybridized carbons (Fsp3) is 0.517. The molecule has 3 rings (SSSR count). The molecule has 2 unspecified atom stereocenters. The topological polar surface area (TPSA) is 99.7 Å². The largest absolute Gasteiger partial charge is 0.494 e. The van der Waals surface area contributed by atoms with Crippen LogP contribution in [0.4, 0.5) is 26.2 Å². The Hall–Kier alpha value is -3.29. The van der Waals surface area contributed by atoms with E-state index in [1.807, 2.05) is 6.92 Å². The van der Waals surface area contributed by atoms with Gasteiger partial charge < -0.3 is 25.8 Å². The zero-order chi connectivity index (χ0) is 26.9. The number of anilines is 3. The SMILES string of the molecule is CCOc1ccc(NC(=O)Nc2cc(C(C)CC(=O)O)c(F)cc2NC(C(C)C)C2CCCCC2)cc1. The first-order chi connectivity index (χ1) is 17.7. The Morgan fingerprint density at radius 1 is 1.03 bits per heavy atom. The molecule has 1 fully saturated rings. The van der Waals surface area contributed by atoms with E-state index >= 15 is 4.39 Å². The van der Waals surface area contributed by atoms with Crippen molar-refractivity contribution in [2.75, 3.05) is 22.6 Å². The second-order valence-electron chi connectivity index (χ2n) is 10.3. The summed E-state index contributed by atoms with van der Waals surface area (Å²) in [7, 11) is 0. The Balaban J connectivity index is 1.87. The van der Waals surface area contributed by atoms with Gasteiger partial charge in [-0.15, -0.1) is 0 Å². The van der Waals surface area contributed by atoms with E-state index in [9.17, 15) is 14.7 Å². The zero-order valence-electron chi connectivity index (χ0n) is 22.3. The lowest BCUT2D eigenvalue weighted by Gasteiger charge is -2.35. The van der Waals surface area contributed by atoms with Gasteiger partial charge >= 0.3 is 12.0 Å². The van der Waals surface area contributed by atoms with Crippen molar-refractivity contribution in [2.45, 2.75) is 78.2 Å². The average Bonchev–Trinajstić information content (AvgIpc) is 2.85. The van der Waals surface area contributed by atoms with Gasteiger partial charge in [-0.3, -0.25) is 4.79 Å². The maximum atomic E-state index is 15.2. The molecule has 0 spiro atoms. The van der Waals surface area contributed by atoms with Crippen LogP contribution in [0.3, 0.4) is 0 Å². The number of nitrogens with one attached hydrogen (secondary N) is 3. The molecule has 2 atom stereocenters. The van der Waals surface area contributed by atoms with Crippen LogP contribution in [-0.4, -0.2) is 29.8 Å². The Bertz CT molecular complexity index is 1050. The van der Waals surface area contributed by atoms with Crippen LogP contribution < -0.4 is 20.7 Å². The highest BCUT2D eigenvalue weighted by atomic mass is 19.1. The predicted octanol–water partition coefficient (Wildman–Crippen LogP) is 7.46. The van der Waals surface area contributed by atoms with Crippen LogP contribution in [0.15, 0.2) is 36.4 Å². The minimum Gasteiger partial charge on any atom is -0.494 e. The molecule has 0 saturated heterocycles. The van der Waals surface area contributed by atoms with Crippen molar-refractivity contribution in [1.29, 1.82) is 0 Å². The molecule has 1 aliphatic rings. The molecule has 0 aliphatic heterocycles. The zero-order valence-corrected chi connectivity index (χ0v) is 22.3. The van der Waals surface area contributed by atoms with Gasteiger partial charge in [0.05, 0.1) is 24.4 Å². The molecule has 4 N–H and O–H groups in total. The summed E-state index contributed by atoms with van der Waals surface area (Å²) < 4.78 is 20.7. The van der Waals surface area contributed by atoms with Crippen LogP contribution in [0.1, 0.15) is 77.7 Å². The Morgan fingerprint density at radius 3 is 2.30 bits per heavy atom. The number of urea groups is 1. The second kappa shape index (κ2) is 13.3. The van der Waals surface area contributed by atoms with E-state index in [4.69, 9.17) is 4.74 Å². The molecule has 7 nitrogen and oxygen atoms in total. The minimum atomic E-state index is -1.01. The molecular weight excluding hydrogens is 473 g/mol. The molecule has 2 amide bonds. The highest BCUT2D eigenvalue weighted by molar-refractivity contribution is 6.02. The number of carboxylic acid groups (broad SMARTS) is 1. The molecule has 37 heavy (non-hydrogen) atoms. The molecule has 0 aromatic heterocycles. The number of hydrogen-bond acceptors (Lipinski definition) is 4. The number of aliphatic carboxylic acids is 1. The number of hydrogen-bond donors (Lipinski definition) is 4. The summed E-state index contributed by atoms with van der Waals surface area (Å²) in [6, 6.07) is 9.62. The van der Waals surface area contributed by atoms with Crippen molar-refractivity contribution in [2.24, 2.45) is 11.8 Å². The summed E-state index contributed by atoms with van der Waals surface area (Å²) in [6.45, 7) is 8.42. The smallest absolute Gasteiger partial charge is 0.323 e. The summed E-state index contributed by atoms with van der Waals surface area (Å²) in [6.07, 6.45) is 5.64. The van der Waals surface area contributed by atoms with Gasteiger partial charge in [0.15, 0.2) is 0 Å². The third-order valence-corrected chi connectivity index (χ3v) is 7.02. The van der Waals surface area contributed by atoms with E-state index in [1.165, 1.54) is 25.3 Å². The highest BCUT2D eigenvalue weighted by Crippen LogP contribution is 2.36. The predicted molar refractivity (Wildman–Crippen MR) is 146 cm³/mol. The van der Waals surface area contributed by atoms with Crippen molar-refractivity contribution in [3.8, 4) is 5.75 Å². The molecule has 1 saturated carbocycles. The standard InChI is InChI=1S/C29H40FN3O4/c1-5-37-22-13-11-21(12-14-22)31-29(36)33-25-16-23(19(4)15-27(34)35)24(30)17-26(25)32-28(18(2)3)20-9-7-6-8-10-20/h11-14,16-20,28,32H,5-10,15H2,1-4H3,(H,34,35)(H2,31,33,36). The maximum Gasteiger partial charge on any atom is 0.323 e. The van der Waals surface area contributed by atoms with E-state index in [1.54, 1.807) is 37.3 Å². The number of carboxylic acids is 1. The number of benzene rings is 2. The van der Waals surface area contributed by atoms with E-state index in [-0.39, 0.29) is 18.0 Å². The number of rotatable bonds is 11. The van der Waals surface area contributed by atoms with Crippen molar-refractivity contribution < 1.29 is 23.8 Å². The van der Waals surface area contributed by atoms with Crippen LogP contribution in [-0.2, 0) is 4.79 Å². The van der Waals surface area contributed by atoms with Crippen molar-refractivity contribution >= 4 is 29.1 Å². The number of amides is 2. The van der Waals surface area contributed by atoms with Gasteiger partial charge in [-0.1, -0.05) is 40.0 Å². The summed E-state index contributed by atoms with van der Waals surface area (Å²) in [4.78, 5) is 24.2. The Morgan fingerprint density at radius 2 is 1.70 bits per heavy atom. The Labute approximate surface area is 219 Å². The number of ether oxygens (including phenoxy) is 1. The van der Waals surface area contributed by atoms with Gasteiger partial charge in [0.1, 0.15) is 11.6 Å². The molecule has 202 valence electrons. The lowest BCUT2D eigenvalue weighted by molar-refractivity contribution is -0.137. The lowest BCUT2D eigenvalue weighted by atomic mass is 9.79.